The molecule has 3 aromatic heterocycles. The monoisotopic (exact) mass is 1030 g/mol. The Labute approximate surface area is 460 Å². The molecule has 13 aromatic carbocycles. The van der Waals surface area contributed by atoms with E-state index in [1.54, 1.807) is 0 Å². The topological polar surface area (TPSA) is 24.6 Å². The van der Waals surface area contributed by atoms with Gasteiger partial charge in [-0.2, -0.15) is 0 Å². The maximum Gasteiger partial charge on any atom is 0.137 e. The minimum atomic E-state index is 0.840. The van der Waals surface area contributed by atoms with E-state index in [1.165, 1.54) is 63.7 Å². The summed E-state index contributed by atoms with van der Waals surface area (Å²) in [5, 5.41) is 11.9. The van der Waals surface area contributed by atoms with Gasteiger partial charge >= 0.3 is 0 Å². The Hall–Kier alpha value is -10.2. The molecule has 0 amide bonds. The average Bonchev–Trinajstić information content (AvgIpc) is 4.27. The van der Waals surface area contributed by atoms with Gasteiger partial charge in [-0.05, 0) is 153 Å². The molecular formula is C74H47N3OS. The molecule has 0 saturated carbocycles. The Morgan fingerprint density at radius 2 is 0.785 bits per heavy atom. The Kier molecular flexibility index (Phi) is 10.4. The third-order valence-corrected chi connectivity index (χ3v) is 17.0. The van der Waals surface area contributed by atoms with Crippen LogP contribution in [-0.4, -0.2) is 4.57 Å². The molecule has 0 saturated heterocycles. The number of aromatic nitrogens is 1. The highest BCUT2D eigenvalue weighted by atomic mass is 32.1. The Bertz CT molecular complexity index is 4830. The van der Waals surface area contributed by atoms with E-state index < -0.39 is 0 Å². The van der Waals surface area contributed by atoms with Crippen molar-refractivity contribution in [2.75, 3.05) is 9.80 Å². The zero-order chi connectivity index (χ0) is 52.0. The second-order valence-corrected chi connectivity index (χ2v) is 21.6. The molecule has 0 unspecified atom stereocenters. The van der Waals surface area contributed by atoms with Crippen LogP contribution in [0.25, 0.3) is 113 Å². The highest BCUT2D eigenvalue weighted by Gasteiger charge is 2.23. The van der Waals surface area contributed by atoms with E-state index in [0.29, 0.717) is 0 Å². The lowest BCUT2D eigenvalue weighted by atomic mass is 9.99. The van der Waals surface area contributed by atoms with Gasteiger partial charge in [0.25, 0.3) is 0 Å². The lowest BCUT2D eigenvalue weighted by Crippen LogP contribution is -2.13. The standard InChI is InChI=1S/C74H47N3OS/c1-2-14-48(15-3-1)51-26-31-56(32-27-51)77-69-23-11-8-20-63(69)68-44-54(30-39-70(68)77)55-42-61(75(57-33-28-49-16-4-6-18-52(49)40-57)59-35-37-65-64-21-9-12-24-71(64)78-72(65)46-59)45-62(43-55)76(58-34-29-50-17-5-7-19-53(50)41-58)60-36-38-67-66-22-10-13-25-73(66)79-74(67)47-60/h1-47H. The van der Waals surface area contributed by atoms with Crippen molar-refractivity contribution in [2.24, 2.45) is 0 Å². The fraction of sp³-hybridized carbons (Fsp3) is 0. The van der Waals surface area contributed by atoms with Gasteiger partial charge < -0.3 is 18.8 Å². The first-order valence-electron chi connectivity index (χ1n) is 26.9. The molecule has 0 aliphatic rings. The van der Waals surface area contributed by atoms with Crippen LogP contribution in [0.2, 0.25) is 0 Å². The molecule has 79 heavy (non-hydrogen) atoms. The number of benzene rings is 13. The Morgan fingerprint density at radius 1 is 0.266 bits per heavy atom. The second kappa shape index (κ2) is 18.2. The van der Waals surface area contributed by atoms with E-state index in [1.807, 2.05) is 17.4 Å². The fourth-order valence-corrected chi connectivity index (χ4v) is 13.3. The summed E-state index contributed by atoms with van der Waals surface area (Å²) in [4.78, 5) is 4.86. The number of anilines is 6. The maximum absolute atomic E-state index is 6.65. The van der Waals surface area contributed by atoms with Crippen LogP contribution in [-0.2, 0) is 0 Å². The zero-order valence-corrected chi connectivity index (χ0v) is 43.6. The first kappa shape index (κ1) is 45.0. The number of furan rings is 1. The minimum absolute atomic E-state index is 0.840. The van der Waals surface area contributed by atoms with Crippen LogP contribution in [0.1, 0.15) is 0 Å². The first-order valence-corrected chi connectivity index (χ1v) is 27.7. The molecule has 0 aliphatic heterocycles. The zero-order valence-electron chi connectivity index (χ0n) is 42.8. The van der Waals surface area contributed by atoms with E-state index in [4.69, 9.17) is 4.42 Å². The first-order chi connectivity index (χ1) is 39.1. The molecule has 0 fully saturated rings. The second-order valence-electron chi connectivity index (χ2n) is 20.5. The van der Waals surface area contributed by atoms with Gasteiger partial charge in [0.2, 0.25) is 0 Å². The Morgan fingerprint density at radius 3 is 1.52 bits per heavy atom. The van der Waals surface area contributed by atoms with Crippen molar-refractivity contribution in [1.82, 2.24) is 4.57 Å². The SMILES string of the molecule is c1ccc(-c2ccc(-n3c4ccccc4c4cc(-c5cc(N(c6ccc7ccccc7c6)c6ccc7c(c6)oc6ccccc67)cc(N(c6ccc7ccccc7c6)c6ccc7c(c6)sc6ccccc67)c5)ccc43)cc2)cc1. The number of thiophene rings is 1. The molecular weight excluding hydrogens is 979 g/mol. The maximum atomic E-state index is 6.65. The highest BCUT2D eigenvalue weighted by Crippen LogP contribution is 2.47. The summed E-state index contributed by atoms with van der Waals surface area (Å²) in [7, 11) is 0. The van der Waals surface area contributed by atoms with E-state index >= 15 is 0 Å². The summed E-state index contributed by atoms with van der Waals surface area (Å²) in [6.45, 7) is 0. The summed E-state index contributed by atoms with van der Waals surface area (Å²) in [6, 6.07) is 104. The van der Waals surface area contributed by atoms with Crippen LogP contribution in [0.5, 0.6) is 0 Å². The van der Waals surface area contributed by atoms with Crippen molar-refractivity contribution in [1.29, 1.82) is 0 Å². The van der Waals surface area contributed by atoms with Gasteiger partial charge in [0.15, 0.2) is 0 Å². The van der Waals surface area contributed by atoms with Crippen LogP contribution < -0.4 is 9.80 Å². The largest absolute Gasteiger partial charge is 0.456 e. The quantitative estimate of drug-likeness (QED) is 0.144. The van der Waals surface area contributed by atoms with Crippen molar-refractivity contribution in [3.05, 3.63) is 285 Å². The highest BCUT2D eigenvalue weighted by molar-refractivity contribution is 7.25. The number of hydrogen-bond acceptors (Lipinski definition) is 4. The fourth-order valence-electron chi connectivity index (χ4n) is 12.1. The summed E-state index contributed by atoms with van der Waals surface area (Å²) >= 11 is 1.85. The van der Waals surface area contributed by atoms with E-state index in [9.17, 15) is 0 Å². The summed E-state index contributed by atoms with van der Waals surface area (Å²) in [5.41, 5.74) is 16.0. The van der Waals surface area contributed by atoms with Gasteiger partial charge in [-0.15, -0.1) is 11.3 Å². The van der Waals surface area contributed by atoms with Crippen LogP contribution in [0.4, 0.5) is 34.1 Å². The van der Waals surface area contributed by atoms with E-state index in [0.717, 1.165) is 83.8 Å². The van der Waals surface area contributed by atoms with E-state index in [2.05, 4.69) is 293 Å². The van der Waals surface area contributed by atoms with Gasteiger partial charge in [0.05, 0.1) is 11.0 Å². The molecule has 0 spiro atoms. The lowest BCUT2D eigenvalue weighted by Gasteiger charge is -2.30. The molecule has 5 heteroatoms. The normalized spacial score (nSPS) is 11.8. The minimum Gasteiger partial charge on any atom is -0.456 e. The summed E-state index contributed by atoms with van der Waals surface area (Å²) in [5.74, 6) is 0. The predicted octanol–water partition coefficient (Wildman–Crippen LogP) is 21.6. The third-order valence-electron chi connectivity index (χ3n) is 15.9. The number of para-hydroxylation sites is 2. The predicted molar refractivity (Wildman–Crippen MR) is 336 cm³/mol. The third kappa shape index (κ3) is 7.66. The number of nitrogens with zero attached hydrogens (tertiary/aromatic N) is 3. The summed E-state index contributed by atoms with van der Waals surface area (Å²) < 4.78 is 11.6. The Balaban J connectivity index is 0.949. The molecule has 0 atom stereocenters. The van der Waals surface area contributed by atoms with Gasteiger partial charge in [0, 0.05) is 87.6 Å². The number of fused-ring (bicyclic) bond motifs is 11. The van der Waals surface area contributed by atoms with Crippen LogP contribution >= 0.6 is 11.3 Å². The van der Waals surface area contributed by atoms with Gasteiger partial charge in [-0.3, -0.25) is 0 Å². The van der Waals surface area contributed by atoms with Crippen LogP contribution in [0, 0.1) is 0 Å². The number of rotatable bonds is 9. The molecule has 0 N–H and O–H groups in total. The van der Waals surface area contributed by atoms with Crippen molar-refractivity contribution < 1.29 is 4.42 Å². The van der Waals surface area contributed by atoms with Crippen LogP contribution in [0.3, 0.4) is 0 Å². The van der Waals surface area contributed by atoms with Gasteiger partial charge in [0.1, 0.15) is 11.2 Å². The molecule has 3 heterocycles. The molecule has 0 radical (unpaired) electrons. The average molecular weight is 1030 g/mol. The molecule has 0 aliphatic carbocycles. The van der Waals surface area contributed by atoms with Gasteiger partial charge in [-0.1, -0.05) is 170 Å². The van der Waals surface area contributed by atoms with Gasteiger partial charge in [-0.25, -0.2) is 0 Å². The molecule has 16 aromatic rings. The molecule has 4 nitrogen and oxygen atoms in total. The van der Waals surface area contributed by atoms with Crippen LogP contribution in [0.15, 0.2) is 290 Å². The molecule has 370 valence electrons. The van der Waals surface area contributed by atoms with Crippen molar-refractivity contribution >= 4 is 131 Å². The van der Waals surface area contributed by atoms with Crippen molar-refractivity contribution in [3.8, 4) is 27.9 Å². The van der Waals surface area contributed by atoms with Crippen molar-refractivity contribution in [2.45, 2.75) is 0 Å². The number of hydrogen-bond donors (Lipinski definition) is 0. The molecule has 0 bridgehead atoms. The lowest BCUT2D eigenvalue weighted by molar-refractivity contribution is 0.669. The smallest absolute Gasteiger partial charge is 0.137 e. The van der Waals surface area contributed by atoms with E-state index in [-0.39, 0.29) is 0 Å². The van der Waals surface area contributed by atoms with Crippen molar-refractivity contribution in [3.63, 3.8) is 0 Å². The molecule has 16 rings (SSSR count). The summed E-state index contributed by atoms with van der Waals surface area (Å²) in [6.07, 6.45) is 0.